The molecule has 0 bridgehead atoms. The Morgan fingerprint density at radius 2 is 1.65 bits per heavy atom. The van der Waals surface area contributed by atoms with Crippen molar-refractivity contribution in [2.75, 3.05) is 13.8 Å². The number of rotatable bonds is 5. The van der Waals surface area contributed by atoms with Gasteiger partial charge in [0.15, 0.2) is 6.61 Å². The standard InChI is InChI=1S/C9H14F4O2.CH3F/c1-4-8(2,3)7(14)15-5-9(12,13)6(10)11;1-2/h6H,4-5H2,1-3H3;1H3. The molecule has 0 amide bonds. The molecular weight excluding hydrogens is 247 g/mol. The maximum atomic E-state index is 12.4. The van der Waals surface area contributed by atoms with E-state index in [1.54, 1.807) is 6.92 Å². The zero-order valence-electron chi connectivity index (χ0n) is 10.2. The van der Waals surface area contributed by atoms with Crippen LogP contribution in [-0.4, -0.2) is 32.1 Å². The van der Waals surface area contributed by atoms with Crippen LogP contribution in [-0.2, 0) is 9.53 Å². The summed E-state index contributed by atoms with van der Waals surface area (Å²) in [6.45, 7) is 3.09. The first-order valence-electron chi connectivity index (χ1n) is 4.84. The molecule has 0 unspecified atom stereocenters. The van der Waals surface area contributed by atoms with Gasteiger partial charge in [-0.3, -0.25) is 9.18 Å². The summed E-state index contributed by atoms with van der Waals surface area (Å²) in [6.07, 6.45) is -3.44. The quantitative estimate of drug-likeness (QED) is 0.561. The van der Waals surface area contributed by atoms with Crippen LogP contribution in [0, 0.1) is 5.41 Å². The van der Waals surface area contributed by atoms with E-state index in [1.165, 1.54) is 13.8 Å². The number of hydrogen-bond donors (Lipinski definition) is 0. The normalized spacial score (nSPS) is 11.9. The summed E-state index contributed by atoms with van der Waals surface area (Å²) in [4.78, 5) is 11.2. The van der Waals surface area contributed by atoms with E-state index in [0.717, 1.165) is 0 Å². The molecule has 0 aromatic carbocycles. The molecule has 0 aliphatic heterocycles. The fourth-order valence-electron chi connectivity index (χ4n) is 0.564. The Balaban J connectivity index is 0. The smallest absolute Gasteiger partial charge is 0.340 e. The number of hydrogen-bond acceptors (Lipinski definition) is 2. The van der Waals surface area contributed by atoms with Gasteiger partial charge >= 0.3 is 18.3 Å². The first kappa shape index (κ1) is 18.5. The molecule has 0 fully saturated rings. The highest BCUT2D eigenvalue weighted by atomic mass is 19.3. The Kier molecular flexibility index (Phi) is 8.10. The molecule has 7 heteroatoms. The Labute approximate surface area is 97.1 Å². The van der Waals surface area contributed by atoms with E-state index in [1.807, 2.05) is 0 Å². The van der Waals surface area contributed by atoms with Gasteiger partial charge in [-0.15, -0.1) is 0 Å². The predicted octanol–water partition coefficient (Wildman–Crippen LogP) is 3.45. The molecule has 0 atom stereocenters. The zero-order chi connectivity index (χ0) is 14.3. The lowest BCUT2D eigenvalue weighted by atomic mass is 9.91. The van der Waals surface area contributed by atoms with Crippen molar-refractivity contribution < 1.29 is 31.5 Å². The van der Waals surface area contributed by atoms with Gasteiger partial charge < -0.3 is 4.74 Å². The molecule has 0 aliphatic carbocycles. The van der Waals surface area contributed by atoms with E-state index in [0.29, 0.717) is 13.6 Å². The van der Waals surface area contributed by atoms with Crippen LogP contribution < -0.4 is 0 Å². The van der Waals surface area contributed by atoms with Gasteiger partial charge in [-0.25, -0.2) is 8.78 Å². The summed E-state index contributed by atoms with van der Waals surface area (Å²) in [5.41, 5.74) is -0.932. The van der Waals surface area contributed by atoms with Crippen LogP contribution in [0.25, 0.3) is 0 Å². The molecule has 104 valence electrons. The molecule has 0 aromatic heterocycles. The minimum atomic E-state index is -4.28. The van der Waals surface area contributed by atoms with Gasteiger partial charge in [0, 0.05) is 0 Å². The molecule has 0 saturated heterocycles. The number of halogens is 5. The van der Waals surface area contributed by atoms with E-state index in [9.17, 15) is 26.7 Å². The van der Waals surface area contributed by atoms with Crippen molar-refractivity contribution >= 4 is 5.97 Å². The van der Waals surface area contributed by atoms with Gasteiger partial charge in [0.1, 0.15) is 0 Å². The Bertz CT molecular complexity index is 229. The first-order valence-corrected chi connectivity index (χ1v) is 4.84. The minimum Gasteiger partial charge on any atom is -0.459 e. The number of carbonyl (C=O) groups is 1. The van der Waals surface area contributed by atoms with Gasteiger partial charge in [0.05, 0.1) is 12.6 Å². The minimum absolute atomic E-state index is 0.381. The third-order valence-electron chi connectivity index (χ3n) is 2.15. The van der Waals surface area contributed by atoms with Crippen molar-refractivity contribution in [1.29, 1.82) is 0 Å². The van der Waals surface area contributed by atoms with Crippen molar-refractivity contribution in [3.63, 3.8) is 0 Å². The van der Waals surface area contributed by atoms with Crippen LogP contribution in [0.5, 0.6) is 0 Å². The van der Waals surface area contributed by atoms with Crippen LogP contribution in [0.15, 0.2) is 0 Å². The van der Waals surface area contributed by atoms with Gasteiger partial charge in [0.2, 0.25) is 0 Å². The average molecular weight is 264 g/mol. The monoisotopic (exact) mass is 264 g/mol. The lowest BCUT2D eigenvalue weighted by Gasteiger charge is -2.22. The highest BCUT2D eigenvalue weighted by molar-refractivity contribution is 5.75. The Hall–Kier alpha value is -0.880. The Morgan fingerprint density at radius 1 is 1.24 bits per heavy atom. The third kappa shape index (κ3) is 6.43. The highest BCUT2D eigenvalue weighted by Crippen LogP contribution is 2.26. The molecule has 0 spiro atoms. The summed E-state index contributed by atoms with van der Waals surface area (Å²) < 4.78 is 61.8. The van der Waals surface area contributed by atoms with Crippen LogP contribution >= 0.6 is 0 Å². The summed E-state index contributed by atoms with van der Waals surface area (Å²) in [7, 11) is 0.500. The number of esters is 1. The van der Waals surface area contributed by atoms with Crippen LogP contribution in [0.4, 0.5) is 22.0 Å². The molecular formula is C10H17F5O2. The Morgan fingerprint density at radius 3 is 1.94 bits per heavy atom. The predicted molar refractivity (Wildman–Crippen MR) is 53.0 cm³/mol. The SMILES string of the molecule is CCC(C)(C)C(=O)OCC(F)(F)C(F)F.CF. The molecule has 0 aliphatic rings. The molecule has 17 heavy (non-hydrogen) atoms. The lowest BCUT2D eigenvalue weighted by molar-refractivity contribution is -0.186. The maximum absolute atomic E-state index is 12.4. The molecule has 0 N–H and O–H groups in total. The molecule has 0 heterocycles. The molecule has 0 radical (unpaired) electrons. The largest absolute Gasteiger partial charge is 0.459 e. The second kappa shape index (κ2) is 7.45. The molecule has 0 saturated carbocycles. The van der Waals surface area contributed by atoms with E-state index in [-0.39, 0.29) is 0 Å². The van der Waals surface area contributed by atoms with Gasteiger partial charge in [-0.2, -0.15) is 8.78 Å². The zero-order valence-corrected chi connectivity index (χ0v) is 10.2. The topological polar surface area (TPSA) is 26.3 Å². The number of alkyl halides is 5. The van der Waals surface area contributed by atoms with Crippen molar-refractivity contribution in [3.8, 4) is 0 Å². The van der Waals surface area contributed by atoms with Gasteiger partial charge in [-0.05, 0) is 20.3 Å². The van der Waals surface area contributed by atoms with E-state index < -0.39 is 30.3 Å². The number of ether oxygens (including phenoxy) is 1. The molecule has 0 aromatic rings. The third-order valence-corrected chi connectivity index (χ3v) is 2.15. The van der Waals surface area contributed by atoms with Crippen molar-refractivity contribution in [2.45, 2.75) is 39.5 Å². The summed E-state index contributed by atoms with van der Waals surface area (Å²) in [5.74, 6) is -5.18. The second-order valence-electron chi connectivity index (χ2n) is 3.88. The van der Waals surface area contributed by atoms with E-state index in [4.69, 9.17) is 0 Å². The van der Waals surface area contributed by atoms with Crippen LogP contribution in [0.2, 0.25) is 0 Å². The van der Waals surface area contributed by atoms with Gasteiger partial charge in [0.25, 0.3) is 0 Å². The van der Waals surface area contributed by atoms with E-state index >= 15 is 0 Å². The maximum Gasteiger partial charge on any atom is 0.340 e. The van der Waals surface area contributed by atoms with E-state index in [2.05, 4.69) is 4.74 Å². The first-order chi connectivity index (χ1) is 7.63. The fraction of sp³-hybridized carbons (Fsp3) is 0.900. The van der Waals surface area contributed by atoms with Crippen LogP contribution in [0.3, 0.4) is 0 Å². The summed E-state index contributed by atoms with van der Waals surface area (Å²) >= 11 is 0. The average Bonchev–Trinajstić information content (AvgIpc) is 2.28. The van der Waals surface area contributed by atoms with Gasteiger partial charge in [-0.1, -0.05) is 6.92 Å². The summed E-state index contributed by atoms with van der Waals surface area (Å²) in [5, 5.41) is 0. The molecule has 0 rings (SSSR count). The lowest BCUT2D eigenvalue weighted by Crippen LogP contribution is -2.36. The number of carbonyl (C=O) groups excluding carboxylic acids is 1. The highest BCUT2D eigenvalue weighted by Gasteiger charge is 2.43. The van der Waals surface area contributed by atoms with Crippen molar-refractivity contribution in [3.05, 3.63) is 0 Å². The fourth-order valence-corrected chi connectivity index (χ4v) is 0.564. The van der Waals surface area contributed by atoms with Crippen molar-refractivity contribution in [1.82, 2.24) is 0 Å². The van der Waals surface area contributed by atoms with Crippen molar-refractivity contribution in [2.24, 2.45) is 5.41 Å². The molecule has 2 nitrogen and oxygen atoms in total. The second-order valence-corrected chi connectivity index (χ2v) is 3.88. The van der Waals surface area contributed by atoms with Crippen LogP contribution in [0.1, 0.15) is 27.2 Å². The summed E-state index contributed by atoms with van der Waals surface area (Å²) in [6, 6.07) is 0.